The van der Waals surface area contributed by atoms with Gasteiger partial charge in [0.2, 0.25) is 0 Å². The molecule has 0 aromatic carbocycles. The van der Waals surface area contributed by atoms with Crippen molar-refractivity contribution in [2.45, 2.75) is 13.5 Å². The minimum atomic E-state index is -1.03. The van der Waals surface area contributed by atoms with Crippen LogP contribution in [0, 0.1) is 0 Å². The van der Waals surface area contributed by atoms with Crippen LogP contribution in [0.25, 0.3) is 0 Å². The topological polar surface area (TPSA) is 75.4 Å². The molecule has 6 nitrogen and oxygen atoms in total. The fourth-order valence-electron chi connectivity index (χ4n) is 1.28. The molecule has 1 aromatic rings. The minimum Gasteiger partial charge on any atom is -0.478 e. The Kier molecular flexibility index (Phi) is 4.03. The molecule has 0 radical (unpaired) electrons. The molecule has 17 heavy (non-hydrogen) atoms. The Labute approximate surface area is 98.8 Å². The number of anilines is 1. The molecule has 0 aliphatic heterocycles. The van der Waals surface area contributed by atoms with E-state index in [1.807, 2.05) is 14.1 Å². The number of carboxylic acid groups (broad SMARTS) is 1. The normalized spacial score (nSPS) is 11.4. The summed E-state index contributed by atoms with van der Waals surface area (Å²) in [4.78, 5) is 23.9. The zero-order valence-corrected chi connectivity index (χ0v) is 10.0. The van der Waals surface area contributed by atoms with Crippen molar-refractivity contribution in [1.29, 1.82) is 0 Å². The third-order valence-corrected chi connectivity index (χ3v) is 2.14. The average Bonchev–Trinajstić information content (AvgIpc) is 2.19. The van der Waals surface area contributed by atoms with E-state index < -0.39 is 5.97 Å². The summed E-state index contributed by atoms with van der Waals surface area (Å²) in [7, 11) is 3.63. The maximum atomic E-state index is 11.7. The van der Waals surface area contributed by atoms with Crippen molar-refractivity contribution in [3.05, 3.63) is 34.3 Å². The summed E-state index contributed by atoms with van der Waals surface area (Å²) in [5, 5.41) is 12.5. The molecule has 0 fully saturated rings. The van der Waals surface area contributed by atoms with E-state index >= 15 is 0 Å². The average molecular weight is 237 g/mol. The molecule has 0 bridgehead atoms. The van der Waals surface area contributed by atoms with Crippen LogP contribution < -0.4 is 10.5 Å². The van der Waals surface area contributed by atoms with Gasteiger partial charge in [0.25, 0.3) is 5.56 Å². The molecule has 1 heterocycles. The molecule has 92 valence electrons. The van der Waals surface area contributed by atoms with Gasteiger partial charge in [-0.1, -0.05) is 0 Å². The fourth-order valence-corrected chi connectivity index (χ4v) is 1.28. The summed E-state index contributed by atoms with van der Waals surface area (Å²) in [5.74, 6) is -1.03. The highest BCUT2D eigenvalue weighted by Crippen LogP contribution is 2.04. The van der Waals surface area contributed by atoms with Gasteiger partial charge in [-0.05, 0) is 12.5 Å². The van der Waals surface area contributed by atoms with Crippen molar-refractivity contribution in [3.63, 3.8) is 0 Å². The molecule has 0 saturated heterocycles. The number of carbonyl (C=O) groups is 1. The van der Waals surface area contributed by atoms with Crippen molar-refractivity contribution in [3.8, 4) is 0 Å². The van der Waals surface area contributed by atoms with E-state index in [4.69, 9.17) is 5.11 Å². The van der Waals surface area contributed by atoms with Gasteiger partial charge < -0.3 is 10.0 Å². The van der Waals surface area contributed by atoms with Gasteiger partial charge in [0.1, 0.15) is 0 Å². The van der Waals surface area contributed by atoms with Crippen LogP contribution >= 0.6 is 0 Å². The summed E-state index contributed by atoms with van der Waals surface area (Å²) < 4.78 is 1.22. The number of hydrogen-bond donors (Lipinski definition) is 1. The van der Waals surface area contributed by atoms with Crippen LogP contribution in [0.2, 0.25) is 0 Å². The van der Waals surface area contributed by atoms with E-state index in [-0.39, 0.29) is 12.1 Å². The summed E-state index contributed by atoms with van der Waals surface area (Å²) in [6.07, 6.45) is 2.63. The zero-order chi connectivity index (χ0) is 13.0. The maximum Gasteiger partial charge on any atom is 0.328 e. The van der Waals surface area contributed by atoms with Crippen LogP contribution in [0.3, 0.4) is 0 Å². The van der Waals surface area contributed by atoms with Gasteiger partial charge in [0.05, 0.1) is 18.4 Å². The van der Waals surface area contributed by atoms with E-state index in [2.05, 4.69) is 5.10 Å². The third kappa shape index (κ3) is 3.75. The summed E-state index contributed by atoms with van der Waals surface area (Å²) in [5.41, 5.74) is 1.02. The smallest absolute Gasteiger partial charge is 0.328 e. The molecule has 0 unspecified atom stereocenters. The lowest BCUT2D eigenvalue weighted by molar-refractivity contribution is -0.131. The lowest BCUT2D eigenvalue weighted by atomic mass is 10.3. The Balaban J connectivity index is 2.94. The molecule has 1 aromatic heterocycles. The lowest BCUT2D eigenvalue weighted by Gasteiger charge is -2.12. The number of aliphatic carboxylic acids is 1. The number of allylic oxidation sites excluding steroid dienone is 1. The van der Waals surface area contributed by atoms with E-state index in [9.17, 15) is 9.59 Å². The third-order valence-electron chi connectivity index (χ3n) is 2.14. The van der Waals surface area contributed by atoms with Crippen molar-refractivity contribution in [2.24, 2.45) is 0 Å². The predicted octanol–water partition coefficient (Wildman–Crippen LogP) is 0.340. The van der Waals surface area contributed by atoms with Crippen molar-refractivity contribution >= 4 is 11.7 Å². The molecule has 0 saturated carbocycles. The molecule has 0 amide bonds. The highest BCUT2D eigenvalue weighted by molar-refractivity contribution is 5.80. The van der Waals surface area contributed by atoms with Gasteiger partial charge >= 0.3 is 5.97 Å². The molecule has 0 atom stereocenters. The number of rotatable bonds is 4. The summed E-state index contributed by atoms with van der Waals surface area (Å²) in [6.45, 7) is 1.82. The van der Waals surface area contributed by atoms with Gasteiger partial charge in [-0.3, -0.25) is 4.79 Å². The van der Waals surface area contributed by atoms with Gasteiger partial charge in [0, 0.05) is 26.2 Å². The van der Waals surface area contributed by atoms with Crippen molar-refractivity contribution in [1.82, 2.24) is 9.78 Å². The van der Waals surface area contributed by atoms with Crippen LogP contribution in [0.4, 0.5) is 5.69 Å². The van der Waals surface area contributed by atoms with Crippen LogP contribution in [-0.2, 0) is 11.3 Å². The molecular formula is C11H15N3O3. The van der Waals surface area contributed by atoms with Gasteiger partial charge in [-0.2, -0.15) is 5.10 Å². The molecule has 0 aliphatic rings. The van der Waals surface area contributed by atoms with Crippen LogP contribution in [0.1, 0.15) is 6.92 Å². The molecule has 0 aliphatic carbocycles. The number of aromatic nitrogens is 2. The number of hydrogen-bond acceptors (Lipinski definition) is 4. The first kappa shape index (κ1) is 13.0. The predicted molar refractivity (Wildman–Crippen MR) is 64.2 cm³/mol. The van der Waals surface area contributed by atoms with E-state index in [1.165, 1.54) is 10.7 Å². The quantitative estimate of drug-likeness (QED) is 0.764. The first-order valence-corrected chi connectivity index (χ1v) is 5.04. The number of carboxylic acids is 1. The van der Waals surface area contributed by atoms with E-state index in [0.717, 1.165) is 6.08 Å². The van der Waals surface area contributed by atoms with E-state index in [0.29, 0.717) is 11.3 Å². The first-order valence-electron chi connectivity index (χ1n) is 5.04. The van der Waals surface area contributed by atoms with Crippen LogP contribution in [0.5, 0.6) is 0 Å². The molecule has 1 N–H and O–H groups in total. The largest absolute Gasteiger partial charge is 0.478 e. The molecule has 1 rings (SSSR count). The Bertz CT molecular complexity index is 503. The first-order chi connectivity index (χ1) is 7.90. The Morgan fingerprint density at radius 1 is 1.59 bits per heavy atom. The van der Waals surface area contributed by atoms with Gasteiger partial charge in [0.15, 0.2) is 0 Å². The van der Waals surface area contributed by atoms with Gasteiger partial charge in [-0.15, -0.1) is 0 Å². The molecule has 0 spiro atoms. The zero-order valence-electron chi connectivity index (χ0n) is 10.0. The second-order valence-corrected chi connectivity index (χ2v) is 3.93. The second-order valence-electron chi connectivity index (χ2n) is 3.93. The van der Waals surface area contributed by atoms with Crippen LogP contribution in [0.15, 0.2) is 28.7 Å². The van der Waals surface area contributed by atoms with E-state index in [1.54, 1.807) is 18.0 Å². The fraction of sp³-hybridized carbons (Fsp3) is 0.364. The van der Waals surface area contributed by atoms with Crippen LogP contribution in [-0.4, -0.2) is 35.0 Å². The standard InChI is InChI=1S/C11H15N3O3/c1-8(4-11(16)17)7-14-10(15)5-9(6-12-14)13(2)3/h4-6H,7H2,1-3H3,(H,16,17). The highest BCUT2D eigenvalue weighted by Gasteiger charge is 2.03. The summed E-state index contributed by atoms with van der Waals surface area (Å²) >= 11 is 0. The maximum absolute atomic E-state index is 11.7. The molecule has 6 heteroatoms. The monoisotopic (exact) mass is 237 g/mol. The number of nitrogens with zero attached hydrogens (tertiary/aromatic N) is 3. The van der Waals surface area contributed by atoms with Crippen molar-refractivity contribution < 1.29 is 9.90 Å². The Morgan fingerprint density at radius 2 is 2.24 bits per heavy atom. The SMILES string of the molecule is CC(=CC(=O)O)Cn1ncc(N(C)C)cc1=O. The lowest BCUT2D eigenvalue weighted by Crippen LogP contribution is -2.24. The molecular weight excluding hydrogens is 222 g/mol. The van der Waals surface area contributed by atoms with Crippen molar-refractivity contribution in [2.75, 3.05) is 19.0 Å². The highest BCUT2D eigenvalue weighted by atomic mass is 16.4. The second kappa shape index (κ2) is 5.29. The Morgan fingerprint density at radius 3 is 2.71 bits per heavy atom. The van der Waals surface area contributed by atoms with Gasteiger partial charge in [-0.25, -0.2) is 9.48 Å². The Hall–Kier alpha value is -2.11. The minimum absolute atomic E-state index is 0.179. The summed E-state index contributed by atoms with van der Waals surface area (Å²) in [6, 6.07) is 1.46.